The minimum absolute atomic E-state index is 0.137. The lowest BCUT2D eigenvalue weighted by Gasteiger charge is -2.11. The normalized spacial score (nSPS) is 10.5. The fraction of sp³-hybridized carbons (Fsp3) is 0.286. The second-order valence-electron chi connectivity index (χ2n) is 6.43. The van der Waals surface area contributed by atoms with E-state index in [4.69, 9.17) is 9.26 Å². The second-order valence-corrected chi connectivity index (χ2v) is 6.43. The fourth-order valence-corrected chi connectivity index (χ4v) is 2.67. The van der Waals surface area contributed by atoms with Crippen LogP contribution in [0.5, 0.6) is 5.75 Å². The molecule has 0 aliphatic heterocycles. The summed E-state index contributed by atoms with van der Waals surface area (Å²) in [7, 11) is 3.97. The summed E-state index contributed by atoms with van der Waals surface area (Å²) in [6.07, 6.45) is 0.604. The first-order valence-corrected chi connectivity index (χ1v) is 9.19. The highest BCUT2D eigenvalue weighted by Crippen LogP contribution is 2.24. The summed E-state index contributed by atoms with van der Waals surface area (Å²) in [5, 5.41) is 6.87. The molecule has 0 saturated carbocycles. The molecule has 1 N–H and O–H groups in total. The van der Waals surface area contributed by atoms with E-state index in [1.165, 1.54) is 0 Å². The van der Waals surface area contributed by atoms with E-state index in [-0.39, 0.29) is 12.3 Å². The SMILES string of the molecule is CCOc1ccccc1NC(=O)CCc1nc(-c2ccc(N(C)C)cc2)no1. The summed E-state index contributed by atoms with van der Waals surface area (Å²) in [5.74, 6) is 1.46. The van der Waals surface area contributed by atoms with Gasteiger partial charge in [-0.25, -0.2) is 0 Å². The molecule has 0 bridgehead atoms. The van der Waals surface area contributed by atoms with Gasteiger partial charge in [0.2, 0.25) is 17.6 Å². The van der Waals surface area contributed by atoms with Crippen LogP contribution in [0.15, 0.2) is 53.1 Å². The van der Waals surface area contributed by atoms with E-state index in [0.717, 1.165) is 11.3 Å². The average molecular weight is 380 g/mol. The van der Waals surface area contributed by atoms with Gasteiger partial charge in [0, 0.05) is 38.2 Å². The Kier molecular flexibility index (Phi) is 6.26. The molecule has 146 valence electrons. The van der Waals surface area contributed by atoms with Crippen molar-refractivity contribution in [3.05, 3.63) is 54.4 Å². The number of carbonyl (C=O) groups is 1. The Morgan fingerprint density at radius 2 is 1.89 bits per heavy atom. The Labute approximate surface area is 164 Å². The number of benzene rings is 2. The molecular weight excluding hydrogens is 356 g/mol. The highest BCUT2D eigenvalue weighted by molar-refractivity contribution is 5.92. The Balaban J connectivity index is 1.58. The third-order valence-corrected chi connectivity index (χ3v) is 4.14. The summed E-state index contributed by atoms with van der Waals surface area (Å²) < 4.78 is 10.8. The lowest BCUT2D eigenvalue weighted by Crippen LogP contribution is -2.13. The van der Waals surface area contributed by atoms with Crippen molar-refractivity contribution in [2.45, 2.75) is 19.8 Å². The maximum absolute atomic E-state index is 12.3. The third-order valence-electron chi connectivity index (χ3n) is 4.14. The number of para-hydroxylation sites is 2. The molecule has 1 aromatic heterocycles. The van der Waals surface area contributed by atoms with Crippen LogP contribution in [0.3, 0.4) is 0 Å². The Hall–Kier alpha value is -3.35. The quantitative estimate of drug-likeness (QED) is 0.641. The zero-order valence-electron chi connectivity index (χ0n) is 16.3. The van der Waals surface area contributed by atoms with Crippen molar-refractivity contribution in [1.82, 2.24) is 10.1 Å². The summed E-state index contributed by atoms with van der Waals surface area (Å²) in [5.41, 5.74) is 2.62. The minimum atomic E-state index is -0.137. The molecule has 0 radical (unpaired) electrons. The van der Waals surface area contributed by atoms with E-state index in [1.807, 2.05) is 74.4 Å². The zero-order chi connectivity index (χ0) is 19.9. The number of amides is 1. The standard InChI is InChI=1S/C21H24N4O3/c1-4-27-18-8-6-5-7-17(18)22-19(26)13-14-20-23-21(24-28-20)15-9-11-16(12-10-15)25(2)3/h5-12H,4,13-14H2,1-3H3,(H,22,26). The van der Waals surface area contributed by atoms with E-state index in [0.29, 0.717) is 36.2 Å². The van der Waals surface area contributed by atoms with Crippen LogP contribution in [0, 0.1) is 0 Å². The molecule has 3 aromatic rings. The van der Waals surface area contributed by atoms with Gasteiger partial charge in [0.15, 0.2) is 0 Å². The molecule has 0 unspecified atom stereocenters. The van der Waals surface area contributed by atoms with E-state index in [1.54, 1.807) is 0 Å². The van der Waals surface area contributed by atoms with Gasteiger partial charge in [-0.15, -0.1) is 0 Å². The number of hydrogen-bond donors (Lipinski definition) is 1. The van der Waals surface area contributed by atoms with Crippen LogP contribution >= 0.6 is 0 Å². The van der Waals surface area contributed by atoms with Gasteiger partial charge in [-0.3, -0.25) is 4.79 Å². The van der Waals surface area contributed by atoms with Crippen molar-refractivity contribution in [3.63, 3.8) is 0 Å². The number of ether oxygens (including phenoxy) is 1. The molecule has 0 spiro atoms. The number of nitrogens with one attached hydrogen (secondary N) is 1. The molecule has 2 aromatic carbocycles. The van der Waals surface area contributed by atoms with Gasteiger partial charge in [0.25, 0.3) is 0 Å². The first-order valence-electron chi connectivity index (χ1n) is 9.19. The van der Waals surface area contributed by atoms with E-state index >= 15 is 0 Å². The zero-order valence-corrected chi connectivity index (χ0v) is 16.3. The Bertz CT molecular complexity index is 919. The molecule has 0 fully saturated rings. The van der Waals surface area contributed by atoms with E-state index in [2.05, 4.69) is 15.5 Å². The van der Waals surface area contributed by atoms with Crippen LogP contribution in [-0.4, -0.2) is 36.8 Å². The predicted molar refractivity (Wildman–Crippen MR) is 109 cm³/mol. The lowest BCUT2D eigenvalue weighted by atomic mass is 10.2. The number of carbonyl (C=O) groups excluding carboxylic acids is 1. The molecule has 3 rings (SSSR count). The number of nitrogens with zero attached hydrogens (tertiary/aromatic N) is 3. The van der Waals surface area contributed by atoms with Crippen molar-refractivity contribution in [3.8, 4) is 17.1 Å². The molecule has 1 amide bonds. The molecule has 0 aliphatic rings. The summed E-state index contributed by atoms with van der Waals surface area (Å²) in [4.78, 5) is 18.7. The van der Waals surface area contributed by atoms with E-state index in [9.17, 15) is 4.79 Å². The van der Waals surface area contributed by atoms with Crippen LogP contribution in [0.1, 0.15) is 19.2 Å². The summed E-state index contributed by atoms with van der Waals surface area (Å²) in [6.45, 7) is 2.44. The molecular formula is C21H24N4O3. The number of rotatable bonds is 8. The minimum Gasteiger partial charge on any atom is -0.492 e. The van der Waals surface area contributed by atoms with Gasteiger partial charge in [0.1, 0.15) is 5.75 Å². The number of aromatic nitrogens is 2. The molecule has 0 saturated heterocycles. The molecule has 28 heavy (non-hydrogen) atoms. The number of anilines is 2. The highest BCUT2D eigenvalue weighted by atomic mass is 16.5. The topological polar surface area (TPSA) is 80.5 Å². The fourth-order valence-electron chi connectivity index (χ4n) is 2.67. The first-order chi connectivity index (χ1) is 13.6. The van der Waals surface area contributed by atoms with Crippen LogP contribution < -0.4 is 15.0 Å². The van der Waals surface area contributed by atoms with Crippen molar-refractivity contribution >= 4 is 17.3 Å². The molecule has 0 atom stereocenters. The smallest absolute Gasteiger partial charge is 0.227 e. The molecule has 0 aliphatic carbocycles. The van der Waals surface area contributed by atoms with Crippen LogP contribution in [0.4, 0.5) is 11.4 Å². The molecule has 1 heterocycles. The van der Waals surface area contributed by atoms with Gasteiger partial charge in [-0.2, -0.15) is 4.98 Å². The van der Waals surface area contributed by atoms with E-state index < -0.39 is 0 Å². The molecule has 7 heteroatoms. The number of hydrogen-bond acceptors (Lipinski definition) is 6. The van der Waals surface area contributed by atoms with Crippen molar-refractivity contribution in [2.24, 2.45) is 0 Å². The average Bonchev–Trinajstić information content (AvgIpc) is 3.17. The monoisotopic (exact) mass is 380 g/mol. The third kappa shape index (κ3) is 4.88. The van der Waals surface area contributed by atoms with Crippen molar-refractivity contribution < 1.29 is 14.1 Å². The van der Waals surface area contributed by atoms with Crippen LogP contribution in [-0.2, 0) is 11.2 Å². The Morgan fingerprint density at radius 3 is 2.61 bits per heavy atom. The maximum atomic E-state index is 12.3. The number of aryl methyl sites for hydroxylation is 1. The highest BCUT2D eigenvalue weighted by Gasteiger charge is 2.12. The van der Waals surface area contributed by atoms with Gasteiger partial charge in [0.05, 0.1) is 12.3 Å². The van der Waals surface area contributed by atoms with Crippen molar-refractivity contribution in [1.29, 1.82) is 0 Å². The lowest BCUT2D eigenvalue weighted by molar-refractivity contribution is -0.116. The van der Waals surface area contributed by atoms with Gasteiger partial charge in [-0.1, -0.05) is 17.3 Å². The largest absolute Gasteiger partial charge is 0.492 e. The van der Waals surface area contributed by atoms with Gasteiger partial charge < -0.3 is 19.5 Å². The molecule has 7 nitrogen and oxygen atoms in total. The van der Waals surface area contributed by atoms with Crippen molar-refractivity contribution in [2.75, 3.05) is 30.9 Å². The first kappa shape index (κ1) is 19.4. The Morgan fingerprint density at radius 1 is 1.14 bits per heavy atom. The van der Waals surface area contributed by atoms with Crippen LogP contribution in [0.2, 0.25) is 0 Å². The maximum Gasteiger partial charge on any atom is 0.227 e. The van der Waals surface area contributed by atoms with Gasteiger partial charge >= 0.3 is 0 Å². The summed E-state index contributed by atoms with van der Waals surface area (Å²) in [6, 6.07) is 15.2. The van der Waals surface area contributed by atoms with Crippen LogP contribution in [0.25, 0.3) is 11.4 Å². The predicted octanol–water partition coefficient (Wildman–Crippen LogP) is 3.77. The summed E-state index contributed by atoms with van der Waals surface area (Å²) >= 11 is 0. The van der Waals surface area contributed by atoms with Gasteiger partial charge in [-0.05, 0) is 43.3 Å². The second kappa shape index (κ2) is 9.03.